The van der Waals surface area contributed by atoms with Crippen LogP contribution in [0.4, 0.5) is 0 Å². The maximum Gasteiger partial charge on any atom is 0.473 e. The zero-order chi connectivity index (χ0) is 10.5. The molecule has 6 nitrogen and oxygen atoms in total. The first-order valence-electron chi connectivity index (χ1n) is 3.89. The standard InChI is InChI=1S/C6H17N2O4P/c1-8(2,3)4-5-11-13(9,10)12-6-7/h4-7H2,1-3H3/p+1. The van der Waals surface area contributed by atoms with Crippen molar-refractivity contribution in [1.29, 1.82) is 0 Å². The monoisotopic (exact) mass is 213 g/mol. The molecule has 0 saturated heterocycles. The van der Waals surface area contributed by atoms with E-state index in [0.717, 1.165) is 0 Å². The Morgan fingerprint density at radius 1 is 1.38 bits per heavy atom. The Balaban J connectivity index is 3.70. The molecule has 0 amide bonds. The Bertz CT molecular complexity index is 192. The van der Waals surface area contributed by atoms with Crippen molar-refractivity contribution in [2.75, 3.05) is 41.0 Å². The zero-order valence-electron chi connectivity index (χ0n) is 8.27. The quantitative estimate of drug-likeness (QED) is 0.361. The van der Waals surface area contributed by atoms with Crippen molar-refractivity contribution < 1.29 is 23.0 Å². The zero-order valence-corrected chi connectivity index (χ0v) is 9.16. The van der Waals surface area contributed by atoms with Crippen molar-refractivity contribution in [3.8, 4) is 0 Å². The molecule has 80 valence electrons. The molecule has 0 rings (SSSR count). The highest BCUT2D eigenvalue weighted by Crippen LogP contribution is 2.42. The van der Waals surface area contributed by atoms with E-state index in [1.165, 1.54) is 0 Å². The average molecular weight is 213 g/mol. The molecule has 0 aromatic carbocycles. The third kappa shape index (κ3) is 8.36. The Morgan fingerprint density at radius 2 is 1.92 bits per heavy atom. The van der Waals surface area contributed by atoms with E-state index in [0.29, 0.717) is 11.0 Å². The Kier molecular flexibility index (Phi) is 5.06. The highest BCUT2D eigenvalue weighted by Gasteiger charge is 2.21. The molecule has 0 spiro atoms. The van der Waals surface area contributed by atoms with Crippen LogP contribution in [-0.2, 0) is 13.6 Å². The SMILES string of the molecule is C[N+](C)(C)CCOP(=O)(O)OCN. The lowest BCUT2D eigenvalue weighted by Crippen LogP contribution is -2.37. The van der Waals surface area contributed by atoms with E-state index in [1.807, 2.05) is 21.1 Å². The molecule has 0 aliphatic heterocycles. The molecule has 0 aromatic rings. The van der Waals surface area contributed by atoms with Crippen LogP contribution in [0, 0.1) is 0 Å². The summed E-state index contributed by atoms with van der Waals surface area (Å²) in [6.45, 7) is 0.466. The first-order valence-corrected chi connectivity index (χ1v) is 5.39. The van der Waals surface area contributed by atoms with Crippen LogP contribution in [0.25, 0.3) is 0 Å². The van der Waals surface area contributed by atoms with Gasteiger partial charge in [0.1, 0.15) is 19.9 Å². The summed E-state index contributed by atoms with van der Waals surface area (Å²) in [5.74, 6) is 0. The van der Waals surface area contributed by atoms with Gasteiger partial charge in [-0.1, -0.05) is 0 Å². The minimum atomic E-state index is -3.91. The van der Waals surface area contributed by atoms with Gasteiger partial charge in [-0.25, -0.2) is 4.57 Å². The Hall–Kier alpha value is 0.0300. The van der Waals surface area contributed by atoms with E-state index in [1.54, 1.807) is 0 Å². The minimum Gasteiger partial charge on any atom is -0.329 e. The number of hydrogen-bond acceptors (Lipinski definition) is 4. The average Bonchev–Trinajstić information content (AvgIpc) is 1.82. The van der Waals surface area contributed by atoms with E-state index in [4.69, 9.17) is 10.6 Å². The second kappa shape index (κ2) is 5.05. The summed E-state index contributed by atoms with van der Waals surface area (Å²) in [7, 11) is 1.95. The number of nitrogens with two attached hydrogens (primary N) is 1. The van der Waals surface area contributed by atoms with Gasteiger partial charge in [-0.2, -0.15) is 0 Å². The van der Waals surface area contributed by atoms with Gasteiger partial charge in [0.2, 0.25) is 0 Å². The lowest BCUT2D eigenvalue weighted by molar-refractivity contribution is -0.870. The van der Waals surface area contributed by atoms with Gasteiger partial charge in [0.25, 0.3) is 0 Å². The molecular weight excluding hydrogens is 195 g/mol. The molecule has 0 saturated carbocycles. The molecule has 1 atom stereocenters. The molecule has 0 bridgehead atoms. The lowest BCUT2D eigenvalue weighted by atomic mass is 10.5. The number of rotatable bonds is 6. The van der Waals surface area contributed by atoms with Gasteiger partial charge in [-0.05, 0) is 0 Å². The summed E-state index contributed by atoms with van der Waals surface area (Å²) in [6, 6.07) is 0. The van der Waals surface area contributed by atoms with E-state index < -0.39 is 7.82 Å². The van der Waals surface area contributed by atoms with Crippen LogP contribution in [0.15, 0.2) is 0 Å². The lowest BCUT2D eigenvalue weighted by Gasteiger charge is -2.23. The second-order valence-corrected chi connectivity index (χ2v) is 5.06. The van der Waals surface area contributed by atoms with Crippen LogP contribution in [0.3, 0.4) is 0 Å². The maximum atomic E-state index is 10.9. The van der Waals surface area contributed by atoms with Crippen LogP contribution in [0.5, 0.6) is 0 Å². The molecule has 13 heavy (non-hydrogen) atoms. The normalized spacial score (nSPS) is 17.0. The molecule has 0 fully saturated rings. The van der Waals surface area contributed by atoms with Crippen LogP contribution in [0.1, 0.15) is 0 Å². The van der Waals surface area contributed by atoms with Crippen LogP contribution in [-0.4, -0.2) is 50.4 Å². The van der Waals surface area contributed by atoms with Crippen molar-refractivity contribution >= 4 is 7.82 Å². The first-order chi connectivity index (χ1) is 5.77. The van der Waals surface area contributed by atoms with Crippen LogP contribution in [0.2, 0.25) is 0 Å². The predicted octanol–water partition coefficient (Wildman–Crippen LogP) is -0.258. The van der Waals surface area contributed by atoms with E-state index in [9.17, 15) is 4.57 Å². The van der Waals surface area contributed by atoms with Crippen LogP contribution < -0.4 is 5.73 Å². The van der Waals surface area contributed by atoms with Crippen molar-refractivity contribution in [3.63, 3.8) is 0 Å². The fourth-order valence-electron chi connectivity index (χ4n) is 0.562. The van der Waals surface area contributed by atoms with Crippen molar-refractivity contribution in [2.45, 2.75) is 0 Å². The highest BCUT2D eigenvalue weighted by molar-refractivity contribution is 7.47. The summed E-state index contributed by atoms with van der Waals surface area (Å²) in [6.07, 6.45) is 0. The third-order valence-electron chi connectivity index (χ3n) is 1.25. The number of quaternary nitrogens is 1. The molecule has 0 heterocycles. The number of hydrogen-bond donors (Lipinski definition) is 2. The molecule has 0 aromatic heterocycles. The Labute approximate surface area is 78.4 Å². The smallest absolute Gasteiger partial charge is 0.329 e. The highest BCUT2D eigenvalue weighted by atomic mass is 31.2. The summed E-state index contributed by atoms with van der Waals surface area (Å²) in [5.41, 5.74) is 4.93. The molecule has 1 unspecified atom stereocenters. The van der Waals surface area contributed by atoms with Gasteiger partial charge < -0.3 is 15.1 Å². The van der Waals surface area contributed by atoms with E-state index in [2.05, 4.69) is 9.05 Å². The molecule has 0 radical (unpaired) electrons. The van der Waals surface area contributed by atoms with Gasteiger partial charge in [-0.3, -0.25) is 9.05 Å². The summed E-state index contributed by atoms with van der Waals surface area (Å²) in [4.78, 5) is 8.94. The minimum absolute atomic E-state index is 0.164. The van der Waals surface area contributed by atoms with Crippen molar-refractivity contribution in [1.82, 2.24) is 0 Å². The number of phosphoric ester groups is 1. The van der Waals surface area contributed by atoms with E-state index in [-0.39, 0.29) is 13.3 Å². The molecule has 0 aliphatic rings. The number of likely N-dealkylation sites (N-methyl/N-ethyl adjacent to an activating group) is 1. The van der Waals surface area contributed by atoms with Crippen LogP contribution >= 0.6 is 7.82 Å². The van der Waals surface area contributed by atoms with Gasteiger partial charge in [0.05, 0.1) is 21.1 Å². The largest absolute Gasteiger partial charge is 0.473 e. The fourth-order valence-corrected chi connectivity index (χ4v) is 1.14. The van der Waals surface area contributed by atoms with Gasteiger partial charge >= 0.3 is 7.82 Å². The van der Waals surface area contributed by atoms with Gasteiger partial charge in [0, 0.05) is 0 Å². The van der Waals surface area contributed by atoms with Gasteiger partial charge in [-0.15, -0.1) is 0 Å². The Morgan fingerprint density at radius 3 is 2.31 bits per heavy atom. The first kappa shape index (κ1) is 13.0. The molecule has 3 N–H and O–H groups in total. The topological polar surface area (TPSA) is 81.8 Å². The fraction of sp³-hybridized carbons (Fsp3) is 1.00. The van der Waals surface area contributed by atoms with Gasteiger partial charge in [0.15, 0.2) is 0 Å². The maximum absolute atomic E-state index is 10.9. The predicted molar refractivity (Wildman–Crippen MR) is 48.8 cm³/mol. The molecule has 0 aliphatic carbocycles. The van der Waals surface area contributed by atoms with E-state index >= 15 is 0 Å². The number of nitrogens with zero attached hydrogens (tertiary/aromatic N) is 1. The second-order valence-electron chi connectivity index (χ2n) is 3.61. The summed E-state index contributed by atoms with van der Waals surface area (Å²) >= 11 is 0. The molecule has 7 heteroatoms. The summed E-state index contributed by atoms with van der Waals surface area (Å²) in [5, 5.41) is 0. The van der Waals surface area contributed by atoms with Crippen molar-refractivity contribution in [2.24, 2.45) is 5.73 Å². The number of phosphoric acid groups is 1. The molecular formula is C6H18N2O4P+. The summed E-state index contributed by atoms with van der Waals surface area (Å²) < 4.78 is 20.5. The third-order valence-corrected chi connectivity index (χ3v) is 2.24. The van der Waals surface area contributed by atoms with Crippen molar-refractivity contribution in [3.05, 3.63) is 0 Å².